The molecule has 0 heterocycles. The highest BCUT2D eigenvalue weighted by Crippen LogP contribution is 2.66. The maximum absolute atomic E-state index is 12.7. The maximum Gasteiger partial charge on any atom is 0.303 e. The predicted molar refractivity (Wildman–Crippen MR) is 114 cm³/mol. The molecule has 4 aliphatic carbocycles. The number of ketones is 1. The van der Waals surface area contributed by atoms with E-state index in [0.717, 1.165) is 32.1 Å². The molecule has 0 N–H and O–H groups in total. The Morgan fingerprint density at radius 3 is 2.25 bits per heavy atom. The van der Waals surface area contributed by atoms with Crippen LogP contribution in [0.1, 0.15) is 79.1 Å². The van der Waals surface area contributed by atoms with Gasteiger partial charge in [0.15, 0.2) is 0 Å². The van der Waals surface area contributed by atoms with Gasteiger partial charge in [0.1, 0.15) is 18.0 Å². The lowest BCUT2D eigenvalue weighted by molar-refractivity contribution is -0.208. The van der Waals surface area contributed by atoms with Crippen molar-refractivity contribution in [3.05, 3.63) is 0 Å². The lowest BCUT2D eigenvalue weighted by Crippen LogP contribution is -2.60. The molecule has 4 saturated carbocycles. The molecule has 32 heavy (non-hydrogen) atoms. The first kappa shape index (κ1) is 23.2. The van der Waals surface area contributed by atoms with Crippen LogP contribution in [0.5, 0.6) is 0 Å². The predicted octanol–water partition coefficient (Wildman–Crippen LogP) is 3.61. The Kier molecular flexibility index (Phi) is 6.14. The lowest BCUT2D eigenvalue weighted by Gasteiger charge is -2.61. The van der Waals surface area contributed by atoms with Crippen molar-refractivity contribution in [2.75, 3.05) is 6.61 Å². The van der Waals surface area contributed by atoms with Crippen LogP contribution in [0.4, 0.5) is 0 Å². The maximum atomic E-state index is 12.7. The van der Waals surface area contributed by atoms with Gasteiger partial charge in [0, 0.05) is 38.0 Å². The molecular weight excluding hydrogens is 412 g/mol. The highest BCUT2D eigenvalue weighted by Gasteiger charge is 2.63. The van der Waals surface area contributed by atoms with Gasteiger partial charge in [-0.25, -0.2) is 0 Å². The highest BCUT2D eigenvalue weighted by molar-refractivity contribution is 5.87. The van der Waals surface area contributed by atoms with Crippen molar-refractivity contribution in [2.24, 2.45) is 34.5 Å². The average Bonchev–Trinajstić information content (AvgIpc) is 3.01. The van der Waals surface area contributed by atoms with Crippen LogP contribution in [-0.4, -0.2) is 42.5 Å². The standard InChI is InChI=1S/C25H36O7/c1-14(26)30-13-25-12-22(32-16(3)28)21(31-15(2)27)11-17(25)5-6-18-19-7-8-23(29)24(19,4)10-9-20(18)25/h17-22H,5-13H2,1-4H3/t17-,18-,19-,20-,21+,22+,24-,25+/m0/s1. The molecule has 0 saturated heterocycles. The molecule has 0 spiro atoms. The first-order chi connectivity index (χ1) is 15.1. The molecule has 7 nitrogen and oxygen atoms in total. The van der Waals surface area contributed by atoms with E-state index in [4.69, 9.17) is 14.2 Å². The summed E-state index contributed by atoms with van der Waals surface area (Å²) in [5, 5.41) is 0. The Hall–Kier alpha value is -1.92. The summed E-state index contributed by atoms with van der Waals surface area (Å²) >= 11 is 0. The minimum Gasteiger partial charge on any atom is -0.465 e. The van der Waals surface area contributed by atoms with Crippen LogP contribution in [0.15, 0.2) is 0 Å². The van der Waals surface area contributed by atoms with Gasteiger partial charge in [0.05, 0.1) is 6.61 Å². The number of hydrogen-bond acceptors (Lipinski definition) is 7. The molecule has 8 atom stereocenters. The second-order valence-corrected chi connectivity index (χ2v) is 10.8. The molecule has 0 radical (unpaired) electrons. The second-order valence-electron chi connectivity index (χ2n) is 10.8. The first-order valence-electron chi connectivity index (χ1n) is 12.1. The molecule has 0 unspecified atom stereocenters. The summed E-state index contributed by atoms with van der Waals surface area (Å²) in [5.41, 5.74) is -0.570. The monoisotopic (exact) mass is 448 g/mol. The van der Waals surface area contributed by atoms with E-state index in [9.17, 15) is 19.2 Å². The third kappa shape index (κ3) is 3.86. The number of carbonyl (C=O) groups is 4. The average molecular weight is 449 g/mol. The highest BCUT2D eigenvalue weighted by atomic mass is 16.6. The van der Waals surface area contributed by atoms with Crippen LogP contribution in [-0.2, 0) is 33.4 Å². The van der Waals surface area contributed by atoms with E-state index >= 15 is 0 Å². The number of rotatable bonds is 4. The largest absolute Gasteiger partial charge is 0.465 e. The van der Waals surface area contributed by atoms with Crippen molar-refractivity contribution in [1.29, 1.82) is 0 Å². The number of carbonyl (C=O) groups excluding carboxylic acids is 4. The molecule has 0 aromatic carbocycles. The van der Waals surface area contributed by atoms with Gasteiger partial charge in [0.25, 0.3) is 0 Å². The third-order valence-electron chi connectivity index (χ3n) is 9.24. The third-order valence-corrected chi connectivity index (χ3v) is 9.24. The molecule has 0 amide bonds. The summed E-state index contributed by atoms with van der Waals surface area (Å²) in [4.78, 5) is 48.2. The summed E-state index contributed by atoms with van der Waals surface area (Å²) < 4.78 is 16.9. The van der Waals surface area contributed by atoms with Crippen LogP contribution in [0.25, 0.3) is 0 Å². The van der Waals surface area contributed by atoms with Crippen molar-refractivity contribution in [3.8, 4) is 0 Å². The molecule has 0 aromatic heterocycles. The summed E-state index contributed by atoms with van der Waals surface area (Å²) in [5.74, 6) is 0.556. The van der Waals surface area contributed by atoms with Crippen molar-refractivity contribution < 1.29 is 33.4 Å². The zero-order chi connectivity index (χ0) is 23.3. The zero-order valence-corrected chi connectivity index (χ0v) is 19.7. The van der Waals surface area contributed by atoms with Crippen LogP contribution in [0, 0.1) is 34.5 Å². The van der Waals surface area contributed by atoms with Gasteiger partial charge >= 0.3 is 17.9 Å². The fourth-order valence-electron chi connectivity index (χ4n) is 7.96. The molecule has 7 heteroatoms. The van der Waals surface area contributed by atoms with Crippen LogP contribution in [0.3, 0.4) is 0 Å². The van der Waals surface area contributed by atoms with Crippen LogP contribution < -0.4 is 0 Å². The summed E-state index contributed by atoms with van der Waals surface area (Å²) in [7, 11) is 0. The number of ether oxygens (including phenoxy) is 3. The Morgan fingerprint density at radius 2 is 1.59 bits per heavy atom. The smallest absolute Gasteiger partial charge is 0.303 e. The molecular formula is C25H36O7. The van der Waals surface area contributed by atoms with Gasteiger partial charge in [-0.3, -0.25) is 19.2 Å². The minimum atomic E-state index is -0.555. The van der Waals surface area contributed by atoms with E-state index < -0.39 is 18.2 Å². The molecule has 0 bridgehead atoms. The van der Waals surface area contributed by atoms with Gasteiger partial charge in [-0.2, -0.15) is 0 Å². The van der Waals surface area contributed by atoms with Gasteiger partial charge in [-0.1, -0.05) is 6.92 Å². The molecule has 178 valence electrons. The quantitative estimate of drug-likeness (QED) is 0.479. The molecule has 4 rings (SSSR count). The van der Waals surface area contributed by atoms with E-state index in [1.807, 2.05) is 0 Å². The lowest BCUT2D eigenvalue weighted by atomic mass is 9.44. The van der Waals surface area contributed by atoms with E-state index in [-0.39, 0.29) is 35.3 Å². The van der Waals surface area contributed by atoms with Crippen molar-refractivity contribution in [3.63, 3.8) is 0 Å². The normalized spacial score (nSPS) is 42.8. The van der Waals surface area contributed by atoms with Crippen molar-refractivity contribution in [1.82, 2.24) is 0 Å². The Labute approximate surface area is 189 Å². The van der Waals surface area contributed by atoms with E-state index in [1.54, 1.807) is 0 Å². The van der Waals surface area contributed by atoms with Crippen LogP contribution in [0.2, 0.25) is 0 Å². The molecule has 0 aliphatic heterocycles. The second kappa shape index (κ2) is 8.45. The van der Waals surface area contributed by atoms with Crippen molar-refractivity contribution >= 4 is 23.7 Å². The summed E-state index contributed by atoms with van der Waals surface area (Å²) in [6, 6.07) is 0. The van der Waals surface area contributed by atoms with Crippen LogP contribution >= 0.6 is 0 Å². The fourth-order valence-corrected chi connectivity index (χ4v) is 7.96. The number of fused-ring (bicyclic) bond motifs is 5. The topological polar surface area (TPSA) is 96.0 Å². The number of Topliss-reactive ketones (excluding diaryl/α,β-unsaturated/α-hetero) is 1. The van der Waals surface area contributed by atoms with E-state index in [2.05, 4.69) is 6.92 Å². The van der Waals surface area contributed by atoms with Gasteiger partial charge in [-0.05, 0) is 68.6 Å². The molecule has 4 fully saturated rings. The molecule has 4 aliphatic rings. The Bertz CT molecular complexity index is 806. The zero-order valence-electron chi connectivity index (χ0n) is 19.7. The SMILES string of the molecule is CC(=O)OC[C@]12C[C@@H](OC(C)=O)[C@H](OC(C)=O)C[C@@H]1CC[C@@H]1[C@@H]2CC[C@]2(C)C(=O)CC[C@@H]12. The number of esters is 3. The summed E-state index contributed by atoms with van der Waals surface area (Å²) in [6.07, 6.45) is 5.42. The fraction of sp³-hybridized carbons (Fsp3) is 0.840. The number of hydrogen-bond donors (Lipinski definition) is 0. The summed E-state index contributed by atoms with van der Waals surface area (Å²) in [6.45, 7) is 6.61. The van der Waals surface area contributed by atoms with E-state index in [1.165, 1.54) is 20.8 Å². The van der Waals surface area contributed by atoms with Gasteiger partial charge in [-0.15, -0.1) is 0 Å². The van der Waals surface area contributed by atoms with Gasteiger partial charge in [0.2, 0.25) is 0 Å². The van der Waals surface area contributed by atoms with Gasteiger partial charge < -0.3 is 14.2 Å². The van der Waals surface area contributed by atoms with E-state index in [0.29, 0.717) is 42.8 Å². The first-order valence-corrected chi connectivity index (χ1v) is 12.1. The minimum absolute atomic E-state index is 0.209. The Balaban J connectivity index is 1.69. The van der Waals surface area contributed by atoms with Crippen molar-refractivity contribution in [2.45, 2.75) is 91.3 Å². The Morgan fingerprint density at radius 1 is 0.906 bits per heavy atom. The molecule has 0 aromatic rings.